The van der Waals surface area contributed by atoms with Crippen molar-refractivity contribution in [1.29, 1.82) is 0 Å². The molecule has 0 fully saturated rings. The van der Waals surface area contributed by atoms with Crippen LogP contribution in [0.2, 0.25) is 0 Å². The van der Waals surface area contributed by atoms with E-state index in [4.69, 9.17) is 9.47 Å². The van der Waals surface area contributed by atoms with Crippen LogP contribution in [0.1, 0.15) is 15.9 Å². The van der Waals surface area contributed by atoms with Crippen molar-refractivity contribution < 1.29 is 14.3 Å². The average molecular weight is 368 g/mol. The van der Waals surface area contributed by atoms with Gasteiger partial charge in [-0.2, -0.15) is 0 Å². The van der Waals surface area contributed by atoms with Gasteiger partial charge in [0.1, 0.15) is 11.5 Å². The molecule has 0 atom stereocenters. The zero-order valence-corrected chi connectivity index (χ0v) is 15.8. The number of carbonyl (C=O) groups is 1. The predicted molar refractivity (Wildman–Crippen MR) is 112 cm³/mol. The molecule has 3 nitrogen and oxygen atoms in total. The van der Waals surface area contributed by atoms with Crippen molar-refractivity contribution in [2.24, 2.45) is 0 Å². The summed E-state index contributed by atoms with van der Waals surface area (Å²) in [7, 11) is 3.26. The van der Waals surface area contributed by atoms with E-state index in [0.717, 1.165) is 33.4 Å². The minimum absolute atomic E-state index is 0.0164. The Morgan fingerprint density at radius 2 is 1.46 bits per heavy atom. The summed E-state index contributed by atoms with van der Waals surface area (Å²) in [6.45, 7) is 0. The van der Waals surface area contributed by atoms with Crippen molar-refractivity contribution in [1.82, 2.24) is 0 Å². The number of hydrogen-bond donors (Lipinski definition) is 0. The first-order valence-electron chi connectivity index (χ1n) is 9.06. The Balaban J connectivity index is 1.94. The maximum atomic E-state index is 13.5. The lowest BCUT2D eigenvalue weighted by molar-refractivity contribution is 0.104. The van der Waals surface area contributed by atoms with E-state index >= 15 is 0 Å². The Labute approximate surface area is 164 Å². The second-order valence-electron chi connectivity index (χ2n) is 6.50. The van der Waals surface area contributed by atoms with Gasteiger partial charge in [0.15, 0.2) is 5.78 Å². The molecule has 28 heavy (non-hydrogen) atoms. The van der Waals surface area contributed by atoms with Crippen LogP contribution in [0.15, 0.2) is 84.9 Å². The van der Waals surface area contributed by atoms with Gasteiger partial charge in [0.25, 0.3) is 0 Å². The fourth-order valence-corrected chi connectivity index (χ4v) is 3.43. The van der Waals surface area contributed by atoms with Crippen molar-refractivity contribution >= 4 is 16.6 Å². The van der Waals surface area contributed by atoms with Gasteiger partial charge in [0.05, 0.1) is 14.2 Å². The fourth-order valence-electron chi connectivity index (χ4n) is 3.43. The minimum atomic E-state index is -0.0164. The molecule has 0 heterocycles. The number of benzene rings is 4. The van der Waals surface area contributed by atoms with E-state index < -0.39 is 0 Å². The molecule has 0 unspecified atom stereocenters. The Morgan fingerprint density at radius 1 is 0.714 bits per heavy atom. The second-order valence-corrected chi connectivity index (χ2v) is 6.50. The molecule has 0 saturated heterocycles. The molecule has 0 aliphatic heterocycles. The Hall–Kier alpha value is -3.59. The van der Waals surface area contributed by atoms with Crippen LogP contribution < -0.4 is 9.47 Å². The molecular weight excluding hydrogens is 348 g/mol. The van der Waals surface area contributed by atoms with Gasteiger partial charge >= 0.3 is 0 Å². The summed E-state index contributed by atoms with van der Waals surface area (Å²) in [5.41, 5.74) is 3.15. The Bertz CT molecular complexity index is 1140. The van der Waals surface area contributed by atoms with Crippen LogP contribution in [0, 0.1) is 0 Å². The number of ether oxygens (including phenoxy) is 2. The number of ketones is 1. The molecule has 4 aromatic carbocycles. The first-order chi connectivity index (χ1) is 13.7. The smallest absolute Gasteiger partial charge is 0.194 e. The van der Waals surface area contributed by atoms with Gasteiger partial charge in [-0.1, -0.05) is 48.5 Å². The summed E-state index contributed by atoms with van der Waals surface area (Å²) in [4.78, 5) is 13.5. The molecule has 138 valence electrons. The molecular formula is C25H20O3. The van der Waals surface area contributed by atoms with Crippen molar-refractivity contribution in [2.45, 2.75) is 0 Å². The molecule has 0 aliphatic carbocycles. The highest BCUT2D eigenvalue weighted by Crippen LogP contribution is 2.34. The number of hydrogen-bond acceptors (Lipinski definition) is 3. The van der Waals surface area contributed by atoms with E-state index in [1.165, 1.54) is 0 Å². The predicted octanol–water partition coefficient (Wildman–Crippen LogP) is 5.76. The lowest BCUT2D eigenvalue weighted by atomic mass is 9.89. The molecule has 0 spiro atoms. The average Bonchev–Trinajstić information content (AvgIpc) is 2.78. The normalized spacial score (nSPS) is 10.6. The van der Waals surface area contributed by atoms with Gasteiger partial charge < -0.3 is 9.47 Å². The Morgan fingerprint density at radius 3 is 2.21 bits per heavy atom. The van der Waals surface area contributed by atoms with Crippen LogP contribution in [0.25, 0.3) is 21.9 Å². The number of carbonyl (C=O) groups excluding carboxylic acids is 1. The number of methoxy groups -OCH3 is 2. The van der Waals surface area contributed by atoms with Crippen molar-refractivity contribution in [3.63, 3.8) is 0 Å². The summed E-state index contributed by atoms with van der Waals surface area (Å²) in [5, 5.41) is 1.97. The fraction of sp³-hybridized carbons (Fsp3) is 0.0800. The van der Waals surface area contributed by atoms with E-state index in [1.54, 1.807) is 26.4 Å². The largest absolute Gasteiger partial charge is 0.497 e. The van der Waals surface area contributed by atoms with E-state index in [0.29, 0.717) is 11.1 Å². The first-order valence-corrected chi connectivity index (χ1v) is 9.06. The molecule has 0 saturated carbocycles. The maximum absolute atomic E-state index is 13.5. The summed E-state index contributed by atoms with van der Waals surface area (Å²) in [6, 6.07) is 27.0. The molecule has 4 aromatic rings. The van der Waals surface area contributed by atoms with Crippen molar-refractivity contribution in [3.05, 3.63) is 96.1 Å². The van der Waals surface area contributed by atoms with Crippen LogP contribution in [-0.2, 0) is 0 Å². The van der Waals surface area contributed by atoms with Crippen molar-refractivity contribution in [3.8, 4) is 22.6 Å². The molecule has 0 bridgehead atoms. The van der Waals surface area contributed by atoms with Crippen LogP contribution in [0.3, 0.4) is 0 Å². The quantitative estimate of drug-likeness (QED) is 0.421. The maximum Gasteiger partial charge on any atom is 0.194 e. The van der Waals surface area contributed by atoms with E-state index in [9.17, 15) is 4.79 Å². The highest BCUT2D eigenvalue weighted by atomic mass is 16.5. The molecule has 0 aliphatic rings. The zero-order valence-electron chi connectivity index (χ0n) is 15.8. The van der Waals surface area contributed by atoms with Crippen molar-refractivity contribution in [2.75, 3.05) is 14.2 Å². The third-order valence-electron chi connectivity index (χ3n) is 4.89. The van der Waals surface area contributed by atoms with Gasteiger partial charge in [-0.15, -0.1) is 0 Å². The van der Waals surface area contributed by atoms with E-state index in [2.05, 4.69) is 6.07 Å². The van der Waals surface area contributed by atoms with Gasteiger partial charge in [0.2, 0.25) is 0 Å². The number of rotatable bonds is 5. The zero-order chi connectivity index (χ0) is 19.5. The monoisotopic (exact) mass is 368 g/mol. The van der Waals surface area contributed by atoms with E-state index in [1.807, 2.05) is 66.7 Å². The van der Waals surface area contributed by atoms with Crippen LogP contribution in [0.5, 0.6) is 11.5 Å². The SMILES string of the molecule is COc1ccc(C(=O)c2c(-c3cccc(OC)c3)ccc3ccccc23)cc1. The van der Waals surface area contributed by atoms with E-state index in [-0.39, 0.29) is 5.78 Å². The first kappa shape index (κ1) is 17.8. The summed E-state index contributed by atoms with van der Waals surface area (Å²) in [5.74, 6) is 1.47. The summed E-state index contributed by atoms with van der Waals surface area (Å²) >= 11 is 0. The summed E-state index contributed by atoms with van der Waals surface area (Å²) in [6.07, 6.45) is 0. The van der Waals surface area contributed by atoms with Gasteiger partial charge in [0, 0.05) is 11.1 Å². The third kappa shape index (κ3) is 3.23. The molecule has 0 N–H and O–H groups in total. The van der Waals surface area contributed by atoms with Gasteiger partial charge in [-0.25, -0.2) is 0 Å². The molecule has 0 radical (unpaired) electrons. The highest BCUT2D eigenvalue weighted by molar-refractivity contribution is 6.20. The lowest BCUT2D eigenvalue weighted by Gasteiger charge is -2.14. The highest BCUT2D eigenvalue weighted by Gasteiger charge is 2.18. The lowest BCUT2D eigenvalue weighted by Crippen LogP contribution is -2.05. The van der Waals surface area contributed by atoms with Crippen LogP contribution in [-0.4, -0.2) is 20.0 Å². The molecule has 4 rings (SSSR count). The second kappa shape index (κ2) is 7.57. The molecule has 0 aromatic heterocycles. The topological polar surface area (TPSA) is 35.5 Å². The van der Waals surface area contributed by atoms with Crippen LogP contribution in [0.4, 0.5) is 0 Å². The Kier molecular flexibility index (Phi) is 4.81. The van der Waals surface area contributed by atoms with Gasteiger partial charge in [-0.05, 0) is 58.3 Å². The minimum Gasteiger partial charge on any atom is -0.497 e. The number of fused-ring (bicyclic) bond motifs is 1. The van der Waals surface area contributed by atoms with Gasteiger partial charge in [-0.3, -0.25) is 4.79 Å². The summed E-state index contributed by atoms with van der Waals surface area (Å²) < 4.78 is 10.6. The van der Waals surface area contributed by atoms with Crippen LogP contribution >= 0.6 is 0 Å². The third-order valence-corrected chi connectivity index (χ3v) is 4.89. The molecule has 3 heteroatoms. The standard InChI is InChI=1S/C25H20O3/c1-27-20-13-10-18(11-14-20)25(26)24-22-9-4-3-6-17(22)12-15-23(24)19-7-5-8-21(16-19)28-2/h3-16H,1-2H3. The molecule has 0 amide bonds.